The largest absolute Gasteiger partial charge is 0.396 e. The Kier molecular flexibility index (Phi) is 2.64. The number of fused-ring (bicyclic) bond motifs is 1. The number of para-hydroxylation sites is 1. The van der Waals surface area contributed by atoms with Crippen LogP contribution in [0.4, 0.5) is 0 Å². The van der Waals surface area contributed by atoms with Crippen LogP contribution >= 0.6 is 0 Å². The van der Waals surface area contributed by atoms with Crippen LogP contribution in [0, 0.1) is 0 Å². The maximum atomic E-state index is 9.00. The molecular formula is C14H15N3O. The lowest BCUT2D eigenvalue weighted by Crippen LogP contribution is -1.99. The number of rotatable bonds is 3. The molecule has 2 N–H and O–H groups in total. The van der Waals surface area contributed by atoms with Gasteiger partial charge in [-0.2, -0.15) is 0 Å². The van der Waals surface area contributed by atoms with Crippen molar-refractivity contribution in [1.82, 2.24) is 14.5 Å². The summed E-state index contributed by atoms with van der Waals surface area (Å²) in [5.74, 6) is 0.901. The zero-order valence-corrected chi connectivity index (χ0v) is 10.2. The lowest BCUT2D eigenvalue weighted by Gasteiger charge is -1.95. The van der Waals surface area contributed by atoms with E-state index in [1.54, 1.807) is 0 Å². The van der Waals surface area contributed by atoms with Crippen LogP contribution in [0.2, 0.25) is 0 Å². The molecule has 4 heteroatoms. The molecule has 0 bridgehead atoms. The summed E-state index contributed by atoms with van der Waals surface area (Å²) in [6.07, 6.45) is 4.56. The van der Waals surface area contributed by atoms with Gasteiger partial charge in [0.05, 0.1) is 12.3 Å². The minimum absolute atomic E-state index is 0.123. The van der Waals surface area contributed by atoms with Gasteiger partial charge in [-0.15, -0.1) is 0 Å². The highest BCUT2D eigenvalue weighted by Gasteiger charge is 2.10. The van der Waals surface area contributed by atoms with Crippen LogP contribution in [-0.4, -0.2) is 26.2 Å². The molecule has 3 aromatic rings. The molecule has 0 aliphatic rings. The molecule has 92 valence electrons. The van der Waals surface area contributed by atoms with Crippen molar-refractivity contribution in [3.63, 3.8) is 0 Å². The minimum Gasteiger partial charge on any atom is -0.396 e. The summed E-state index contributed by atoms with van der Waals surface area (Å²) in [4.78, 5) is 7.82. The van der Waals surface area contributed by atoms with Crippen molar-refractivity contribution in [3.05, 3.63) is 42.5 Å². The maximum Gasteiger partial charge on any atom is 0.111 e. The van der Waals surface area contributed by atoms with Crippen LogP contribution in [0.1, 0.15) is 5.82 Å². The Balaban J connectivity index is 2.11. The van der Waals surface area contributed by atoms with Crippen molar-refractivity contribution < 1.29 is 5.11 Å². The Morgan fingerprint density at radius 2 is 2.17 bits per heavy atom. The van der Waals surface area contributed by atoms with Gasteiger partial charge < -0.3 is 14.7 Å². The number of aliphatic hydroxyl groups excluding tert-OH is 1. The normalized spacial score (nSPS) is 11.2. The number of H-pyrrole nitrogens is 1. The predicted molar refractivity (Wildman–Crippen MR) is 71.3 cm³/mol. The summed E-state index contributed by atoms with van der Waals surface area (Å²) in [7, 11) is 1.95. The Morgan fingerprint density at radius 3 is 3.00 bits per heavy atom. The van der Waals surface area contributed by atoms with Crippen molar-refractivity contribution in [1.29, 1.82) is 0 Å². The number of aliphatic hydroxyl groups is 1. The van der Waals surface area contributed by atoms with Gasteiger partial charge in [0.1, 0.15) is 5.82 Å². The highest BCUT2D eigenvalue weighted by Crippen LogP contribution is 2.27. The minimum atomic E-state index is 0.123. The average Bonchev–Trinajstić information content (AvgIpc) is 2.94. The predicted octanol–water partition coefficient (Wildman–Crippen LogP) is 2.10. The molecular weight excluding hydrogens is 226 g/mol. The monoisotopic (exact) mass is 241 g/mol. The number of aromatic amines is 1. The van der Waals surface area contributed by atoms with Crippen LogP contribution in [0.15, 0.2) is 36.7 Å². The maximum absolute atomic E-state index is 9.00. The summed E-state index contributed by atoms with van der Waals surface area (Å²) in [5, 5.41) is 10.2. The van der Waals surface area contributed by atoms with Crippen molar-refractivity contribution in [2.75, 3.05) is 6.61 Å². The smallest absolute Gasteiger partial charge is 0.111 e. The number of imidazole rings is 1. The van der Waals surface area contributed by atoms with E-state index in [0.717, 1.165) is 22.6 Å². The molecule has 0 saturated carbocycles. The molecule has 0 unspecified atom stereocenters. The fraction of sp³-hybridized carbons (Fsp3) is 0.214. The number of benzene rings is 1. The molecule has 2 aromatic heterocycles. The lowest BCUT2D eigenvalue weighted by molar-refractivity contribution is 0.295. The third kappa shape index (κ3) is 1.71. The molecule has 0 amide bonds. The van der Waals surface area contributed by atoms with Gasteiger partial charge in [-0.05, 0) is 6.07 Å². The molecule has 0 spiro atoms. The van der Waals surface area contributed by atoms with Crippen molar-refractivity contribution >= 4 is 10.9 Å². The van der Waals surface area contributed by atoms with Gasteiger partial charge >= 0.3 is 0 Å². The van der Waals surface area contributed by atoms with E-state index in [2.05, 4.69) is 22.1 Å². The molecule has 4 nitrogen and oxygen atoms in total. The van der Waals surface area contributed by atoms with Gasteiger partial charge in [-0.1, -0.05) is 18.2 Å². The highest BCUT2D eigenvalue weighted by molar-refractivity contribution is 5.94. The summed E-state index contributed by atoms with van der Waals surface area (Å²) in [6.45, 7) is 0.123. The van der Waals surface area contributed by atoms with Crippen LogP contribution < -0.4 is 0 Å². The van der Waals surface area contributed by atoms with Crippen molar-refractivity contribution in [3.8, 4) is 11.3 Å². The number of hydrogen-bond acceptors (Lipinski definition) is 2. The van der Waals surface area contributed by atoms with Gasteiger partial charge in [0.25, 0.3) is 0 Å². The molecule has 0 fully saturated rings. The standard InChI is InChI=1S/C14H15N3O/c1-17-9-13(16-14(17)6-7-18)11-8-15-12-5-3-2-4-10(11)12/h2-5,8-9,15,18H,6-7H2,1H3. The quantitative estimate of drug-likeness (QED) is 0.738. The van der Waals surface area contributed by atoms with Gasteiger partial charge in [0, 0.05) is 42.3 Å². The van der Waals surface area contributed by atoms with Crippen LogP contribution in [-0.2, 0) is 13.5 Å². The van der Waals surface area contributed by atoms with Gasteiger partial charge in [-0.3, -0.25) is 0 Å². The number of nitrogens with one attached hydrogen (secondary N) is 1. The first-order chi connectivity index (χ1) is 8.79. The second-order valence-corrected chi connectivity index (χ2v) is 4.37. The van der Waals surface area contributed by atoms with E-state index in [1.807, 2.05) is 36.1 Å². The Labute approximate surface area is 105 Å². The van der Waals surface area contributed by atoms with Crippen LogP contribution in [0.25, 0.3) is 22.2 Å². The van der Waals surface area contributed by atoms with Crippen LogP contribution in [0.5, 0.6) is 0 Å². The molecule has 0 atom stereocenters. The molecule has 0 saturated heterocycles. The fourth-order valence-corrected chi connectivity index (χ4v) is 2.25. The molecule has 0 aliphatic heterocycles. The van der Waals surface area contributed by atoms with Crippen molar-refractivity contribution in [2.45, 2.75) is 6.42 Å². The number of nitrogens with zero attached hydrogens (tertiary/aromatic N) is 2. The first-order valence-electron chi connectivity index (χ1n) is 5.99. The Hall–Kier alpha value is -2.07. The fourth-order valence-electron chi connectivity index (χ4n) is 2.25. The zero-order chi connectivity index (χ0) is 12.5. The summed E-state index contributed by atoms with van der Waals surface area (Å²) in [6, 6.07) is 8.17. The Bertz CT molecular complexity index is 681. The van der Waals surface area contributed by atoms with Gasteiger partial charge in [0.2, 0.25) is 0 Å². The third-order valence-electron chi connectivity index (χ3n) is 3.17. The van der Waals surface area contributed by atoms with E-state index >= 15 is 0 Å². The summed E-state index contributed by atoms with van der Waals surface area (Å²) < 4.78 is 1.97. The highest BCUT2D eigenvalue weighted by atomic mass is 16.3. The second-order valence-electron chi connectivity index (χ2n) is 4.37. The van der Waals surface area contributed by atoms with Gasteiger partial charge in [-0.25, -0.2) is 4.98 Å². The van der Waals surface area contributed by atoms with E-state index in [9.17, 15) is 0 Å². The van der Waals surface area contributed by atoms with Gasteiger partial charge in [0.15, 0.2) is 0 Å². The first-order valence-corrected chi connectivity index (χ1v) is 5.99. The molecule has 1 aromatic carbocycles. The zero-order valence-electron chi connectivity index (χ0n) is 10.2. The second kappa shape index (κ2) is 4.31. The van der Waals surface area contributed by atoms with E-state index in [4.69, 9.17) is 5.11 Å². The molecule has 0 radical (unpaired) electrons. The number of aromatic nitrogens is 3. The summed E-state index contributed by atoms with van der Waals surface area (Å²) in [5.41, 5.74) is 3.16. The van der Waals surface area contributed by atoms with E-state index in [-0.39, 0.29) is 6.61 Å². The van der Waals surface area contributed by atoms with Crippen molar-refractivity contribution in [2.24, 2.45) is 7.05 Å². The first kappa shape index (κ1) is 11.0. The van der Waals surface area contributed by atoms with E-state index in [0.29, 0.717) is 6.42 Å². The third-order valence-corrected chi connectivity index (χ3v) is 3.17. The average molecular weight is 241 g/mol. The lowest BCUT2D eigenvalue weighted by atomic mass is 10.1. The Morgan fingerprint density at radius 1 is 1.33 bits per heavy atom. The topological polar surface area (TPSA) is 53.8 Å². The molecule has 2 heterocycles. The van der Waals surface area contributed by atoms with E-state index < -0.39 is 0 Å². The van der Waals surface area contributed by atoms with Crippen LogP contribution in [0.3, 0.4) is 0 Å². The summed E-state index contributed by atoms with van der Waals surface area (Å²) >= 11 is 0. The molecule has 3 rings (SSSR count). The number of hydrogen-bond donors (Lipinski definition) is 2. The van der Waals surface area contributed by atoms with E-state index in [1.165, 1.54) is 5.39 Å². The number of aryl methyl sites for hydroxylation is 1. The molecule has 0 aliphatic carbocycles. The molecule has 18 heavy (non-hydrogen) atoms. The SMILES string of the molecule is Cn1cc(-c2c[nH]c3ccccc23)nc1CCO.